The van der Waals surface area contributed by atoms with Gasteiger partial charge in [0.25, 0.3) is 0 Å². The summed E-state index contributed by atoms with van der Waals surface area (Å²) in [5.74, 6) is -0.0969. The summed E-state index contributed by atoms with van der Waals surface area (Å²) in [7, 11) is 0. The van der Waals surface area contributed by atoms with Gasteiger partial charge in [-0.1, -0.05) is 23.7 Å². The SMILES string of the molecule is N#Cc1ccc(COc2cccc(Cl)c2CO)c(F)c1. The zero-order chi connectivity index (χ0) is 14.5. The maximum Gasteiger partial charge on any atom is 0.131 e. The molecular weight excluding hydrogens is 281 g/mol. The lowest BCUT2D eigenvalue weighted by atomic mass is 10.1. The van der Waals surface area contributed by atoms with Gasteiger partial charge < -0.3 is 9.84 Å². The van der Waals surface area contributed by atoms with Crippen LogP contribution < -0.4 is 4.74 Å². The van der Waals surface area contributed by atoms with Crippen LogP contribution >= 0.6 is 11.6 Å². The Labute approximate surface area is 120 Å². The summed E-state index contributed by atoms with van der Waals surface area (Å²) in [5.41, 5.74) is 1.04. The summed E-state index contributed by atoms with van der Waals surface area (Å²) in [6, 6.07) is 11.0. The molecule has 3 nitrogen and oxygen atoms in total. The zero-order valence-electron chi connectivity index (χ0n) is 10.4. The molecule has 0 heterocycles. The molecule has 2 rings (SSSR count). The van der Waals surface area contributed by atoms with Crippen LogP contribution in [-0.4, -0.2) is 5.11 Å². The number of nitriles is 1. The predicted octanol–water partition coefficient (Wildman–Crippen LogP) is 3.42. The lowest BCUT2D eigenvalue weighted by molar-refractivity contribution is 0.257. The molecule has 2 aromatic rings. The van der Waals surface area contributed by atoms with Crippen molar-refractivity contribution < 1.29 is 14.2 Å². The Morgan fingerprint density at radius 1 is 1.30 bits per heavy atom. The van der Waals surface area contributed by atoms with Gasteiger partial charge in [-0.3, -0.25) is 0 Å². The third-order valence-corrected chi connectivity index (χ3v) is 3.15. The molecule has 0 saturated carbocycles. The summed E-state index contributed by atoms with van der Waals surface area (Å²) < 4.78 is 19.2. The number of ether oxygens (including phenoxy) is 1. The van der Waals surface area contributed by atoms with Crippen LogP contribution in [0.1, 0.15) is 16.7 Å². The second-order valence-corrected chi connectivity index (χ2v) is 4.49. The maximum atomic E-state index is 13.7. The minimum atomic E-state index is -0.503. The van der Waals surface area contributed by atoms with Crippen molar-refractivity contribution in [3.05, 3.63) is 63.9 Å². The summed E-state index contributed by atoms with van der Waals surface area (Å²) in [4.78, 5) is 0. The summed E-state index contributed by atoms with van der Waals surface area (Å²) >= 11 is 5.93. The molecule has 102 valence electrons. The van der Waals surface area contributed by atoms with E-state index in [0.29, 0.717) is 21.9 Å². The van der Waals surface area contributed by atoms with Gasteiger partial charge in [-0.25, -0.2) is 4.39 Å². The van der Waals surface area contributed by atoms with Crippen LogP contribution in [0.5, 0.6) is 5.75 Å². The highest BCUT2D eigenvalue weighted by molar-refractivity contribution is 6.31. The van der Waals surface area contributed by atoms with Gasteiger partial charge in [0.1, 0.15) is 18.2 Å². The molecule has 20 heavy (non-hydrogen) atoms. The number of nitrogens with zero attached hydrogens (tertiary/aromatic N) is 1. The molecule has 0 atom stereocenters. The van der Waals surface area contributed by atoms with Gasteiger partial charge in [0.05, 0.1) is 18.2 Å². The van der Waals surface area contributed by atoms with E-state index in [1.807, 2.05) is 6.07 Å². The van der Waals surface area contributed by atoms with Crippen LogP contribution in [-0.2, 0) is 13.2 Å². The molecule has 2 aromatic carbocycles. The number of aliphatic hydroxyl groups excluding tert-OH is 1. The van der Waals surface area contributed by atoms with E-state index < -0.39 is 5.82 Å². The highest BCUT2D eigenvalue weighted by Gasteiger charge is 2.09. The first-order valence-corrected chi connectivity index (χ1v) is 6.23. The van der Waals surface area contributed by atoms with Crippen molar-refractivity contribution >= 4 is 11.6 Å². The van der Waals surface area contributed by atoms with E-state index in [9.17, 15) is 9.50 Å². The lowest BCUT2D eigenvalue weighted by Crippen LogP contribution is -2.01. The van der Waals surface area contributed by atoms with Gasteiger partial charge in [0.15, 0.2) is 0 Å². The molecule has 5 heteroatoms. The fraction of sp³-hybridized carbons (Fsp3) is 0.133. The summed E-state index contributed by atoms with van der Waals surface area (Å²) in [5, 5.41) is 18.3. The molecule has 0 amide bonds. The topological polar surface area (TPSA) is 53.2 Å². The number of hydrogen-bond donors (Lipinski definition) is 1. The Hall–Kier alpha value is -2.09. The van der Waals surface area contributed by atoms with Crippen LogP contribution in [0.15, 0.2) is 36.4 Å². The fourth-order valence-corrected chi connectivity index (χ4v) is 1.94. The molecule has 0 saturated heterocycles. The second kappa shape index (κ2) is 6.38. The molecule has 0 aromatic heterocycles. The molecule has 0 radical (unpaired) electrons. The van der Waals surface area contributed by atoms with E-state index in [2.05, 4.69) is 0 Å². The van der Waals surface area contributed by atoms with Gasteiger partial charge >= 0.3 is 0 Å². The van der Waals surface area contributed by atoms with Crippen LogP contribution in [0.4, 0.5) is 4.39 Å². The second-order valence-electron chi connectivity index (χ2n) is 4.08. The van der Waals surface area contributed by atoms with Gasteiger partial charge in [-0.15, -0.1) is 0 Å². The summed E-state index contributed by atoms with van der Waals surface area (Å²) in [6.45, 7) is -0.268. The number of aliphatic hydroxyl groups is 1. The van der Waals surface area contributed by atoms with Crippen molar-refractivity contribution in [1.82, 2.24) is 0 Å². The van der Waals surface area contributed by atoms with E-state index in [1.165, 1.54) is 12.1 Å². The van der Waals surface area contributed by atoms with Crippen molar-refractivity contribution in [1.29, 1.82) is 5.26 Å². The zero-order valence-corrected chi connectivity index (χ0v) is 11.2. The largest absolute Gasteiger partial charge is 0.488 e. The van der Waals surface area contributed by atoms with Crippen molar-refractivity contribution in [2.75, 3.05) is 0 Å². The van der Waals surface area contributed by atoms with Crippen molar-refractivity contribution in [3.8, 4) is 11.8 Å². The van der Waals surface area contributed by atoms with E-state index in [1.54, 1.807) is 18.2 Å². The van der Waals surface area contributed by atoms with Crippen LogP contribution in [0.3, 0.4) is 0 Å². The van der Waals surface area contributed by atoms with E-state index >= 15 is 0 Å². The Kier molecular flexibility index (Phi) is 4.57. The first-order valence-electron chi connectivity index (χ1n) is 5.85. The van der Waals surface area contributed by atoms with Crippen LogP contribution in [0.2, 0.25) is 5.02 Å². The lowest BCUT2D eigenvalue weighted by Gasteiger charge is -2.11. The van der Waals surface area contributed by atoms with Crippen molar-refractivity contribution in [3.63, 3.8) is 0 Å². The minimum Gasteiger partial charge on any atom is -0.488 e. The molecule has 0 spiro atoms. The minimum absolute atomic E-state index is 0.00904. The maximum absolute atomic E-state index is 13.7. The first-order chi connectivity index (χ1) is 9.65. The summed E-state index contributed by atoms with van der Waals surface area (Å²) in [6.07, 6.45) is 0. The Morgan fingerprint density at radius 2 is 2.10 bits per heavy atom. The third kappa shape index (κ3) is 3.08. The molecule has 0 aliphatic carbocycles. The highest BCUT2D eigenvalue weighted by Crippen LogP contribution is 2.27. The Balaban J connectivity index is 2.17. The van der Waals surface area contributed by atoms with Crippen molar-refractivity contribution in [2.24, 2.45) is 0 Å². The van der Waals surface area contributed by atoms with Gasteiger partial charge in [0, 0.05) is 16.1 Å². The molecule has 0 unspecified atom stereocenters. The Bertz CT molecular complexity index is 667. The average Bonchev–Trinajstić information content (AvgIpc) is 2.46. The molecular formula is C15H11ClFNO2. The highest BCUT2D eigenvalue weighted by atomic mass is 35.5. The van der Waals surface area contributed by atoms with Gasteiger partial charge in [-0.2, -0.15) is 5.26 Å². The Morgan fingerprint density at radius 3 is 2.75 bits per heavy atom. The van der Waals surface area contributed by atoms with Crippen LogP contribution in [0, 0.1) is 17.1 Å². The van der Waals surface area contributed by atoms with Gasteiger partial charge in [0.2, 0.25) is 0 Å². The molecule has 0 aliphatic heterocycles. The normalized spacial score (nSPS) is 10.1. The smallest absolute Gasteiger partial charge is 0.131 e. The van der Waals surface area contributed by atoms with Crippen LogP contribution in [0.25, 0.3) is 0 Å². The predicted molar refractivity (Wildman–Crippen MR) is 72.8 cm³/mol. The number of halogens is 2. The fourth-order valence-electron chi connectivity index (χ4n) is 1.72. The molecule has 0 aliphatic rings. The molecule has 0 fully saturated rings. The first kappa shape index (κ1) is 14.3. The third-order valence-electron chi connectivity index (χ3n) is 2.80. The molecule has 0 bridgehead atoms. The quantitative estimate of drug-likeness (QED) is 0.939. The van der Waals surface area contributed by atoms with Crippen molar-refractivity contribution in [2.45, 2.75) is 13.2 Å². The van der Waals surface area contributed by atoms with E-state index in [-0.39, 0.29) is 18.8 Å². The van der Waals surface area contributed by atoms with E-state index in [4.69, 9.17) is 21.6 Å². The monoisotopic (exact) mass is 291 g/mol. The van der Waals surface area contributed by atoms with E-state index in [0.717, 1.165) is 6.07 Å². The standard InChI is InChI=1S/C15H11ClFNO2/c16-13-2-1-3-15(12(13)8-19)20-9-11-5-4-10(7-18)6-14(11)17/h1-6,19H,8-9H2. The molecule has 1 N–H and O–H groups in total. The average molecular weight is 292 g/mol. The number of hydrogen-bond acceptors (Lipinski definition) is 3. The number of benzene rings is 2. The number of rotatable bonds is 4. The van der Waals surface area contributed by atoms with Gasteiger partial charge in [-0.05, 0) is 24.3 Å².